The van der Waals surface area contributed by atoms with E-state index in [4.69, 9.17) is 5.11 Å². The molecule has 0 fully saturated rings. The van der Waals surface area contributed by atoms with Crippen molar-refractivity contribution < 1.29 is 24.7 Å². The lowest BCUT2D eigenvalue weighted by atomic mass is 10.2. The molecule has 21 heavy (non-hydrogen) atoms. The standard InChI is InChI=1S/C12H17N3O6/c1-2-21-12(18)14-10-4-3-8(5-11(10)15(19)20)13-6-9(17)7-16/h3-5,9,13,16-17H,2,6-7H2,1H3,(H,14,18). The number of anilines is 2. The SMILES string of the molecule is CCOC(=O)Nc1ccc(NCC(O)CO)cc1[N+](=O)[O-]. The van der Waals surface area contributed by atoms with Gasteiger partial charge in [0.2, 0.25) is 0 Å². The number of nitro groups is 1. The molecule has 1 atom stereocenters. The zero-order valence-electron chi connectivity index (χ0n) is 11.4. The fraction of sp³-hybridized carbons (Fsp3) is 0.417. The van der Waals surface area contributed by atoms with Crippen molar-refractivity contribution in [3.05, 3.63) is 28.3 Å². The lowest BCUT2D eigenvalue weighted by Crippen LogP contribution is -2.23. The Balaban J connectivity index is 2.86. The molecule has 9 heteroatoms. The fourth-order valence-electron chi connectivity index (χ4n) is 1.48. The van der Waals surface area contributed by atoms with Crippen LogP contribution in [0.15, 0.2) is 18.2 Å². The van der Waals surface area contributed by atoms with E-state index >= 15 is 0 Å². The summed E-state index contributed by atoms with van der Waals surface area (Å²) in [4.78, 5) is 21.7. The van der Waals surface area contributed by atoms with Gasteiger partial charge in [-0.05, 0) is 19.1 Å². The largest absolute Gasteiger partial charge is 0.450 e. The third-order valence-electron chi connectivity index (χ3n) is 2.46. The second kappa shape index (κ2) is 8.02. The monoisotopic (exact) mass is 299 g/mol. The van der Waals surface area contributed by atoms with Crippen LogP contribution in [0.1, 0.15) is 6.92 Å². The Morgan fingerprint density at radius 2 is 2.24 bits per heavy atom. The molecule has 9 nitrogen and oxygen atoms in total. The van der Waals surface area contributed by atoms with E-state index in [1.807, 2.05) is 0 Å². The molecule has 1 rings (SSSR count). The molecule has 0 aliphatic heterocycles. The molecule has 1 amide bonds. The first-order valence-electron chi connectivity index (χ1n) is 6.23. The molecular formula is C12H17N3O6. The number of benzene rings is 1. The zero-order chi connectivity index (χ0) is 15.8. The second-order valence-corrected chi connectivity index (χ2v) is 4.05. The highest BCUT2D eigenvalue weighted by Crippen LogP contribution is 2.28. The van der Waals surface area contributed by atoms with E-state index in [1.54, 1.807) is 6.92 Å². The highest BCUT2D eigenvalue weighted by atomic mass is 16.6. The normalized spacial score (nSPS) is 11.6. The van der Waals surface area contributed by atoms with Gasteiger partial charge in [0, 0.05) is 18.3 Å². The quantitative estimate of drug-likeness (QED) is 0.434. The first-order chi connectivity index (χ1) is 9.97. The summed E-state index contributed by atoms with van der Waals surface area (Å²) in [6.45, 7) is 1.39. The van der Waals surface area contributed by atoms with E-state index in [2.05, 4.69) is 15.4 Å². The van der Waals surface area contributed by atoms with Crippen LogP contribution in [0.2, 0.25) is 0 Å². The smallest absolute Gasteiger partial charge is 0.411 e. The number of aliphatic hydroxyl groups is 2. The van der Waals surface area contributed by atoms with Crippen molar-refractivity contribution in [3.63, 3.8) is 0 Å². The minimum absolute atomic E-state index is 0.00621. The van der Waals surface area contributed by atoms with E-state index < -0.39 is 23.7 Å². The van der Waals surface area contributed by atoms with Gasteiger partial charge >= 0.3 is 6.09 Å². The third-order valence-corrected chi connectivity index (χ3v) is 2.46. The summed E-state index contributed by atoms with van der Waals surface area (Å²) in [7, 11) is 0. The van der Waals surface area contributed by atoms with Crippen molar-refractivity contribution >= 4 is 23.2 Å². The Hall–Kier alpha value is -2.39. The number of hydrogen-bond donors (Lipinski definition) is 4. The average Bonchev–Trinajstić information content (AvgIpc) is 2.45. The molecular weight excluding hydrogens is 282 g/mol. The fourth-order valence-corrected chi connectivity index (χ4v) is 1.48. The Kier molecular flexibility index (Phi) is 6.37. The van der Waals surface area contributed by atoms with Crippen LogP contribution < -0.4 is 10.6 Å². The van der Waals surface area contributed by atoms with E-state index in [-0.39, 0.29) is 24.5 Å². The van der Waals surface area contributed by atoms with Gasteiger partial charge in [-0.2, -0.15) is 0 Å². The number of ether oxygens (including phenoxy) is 1. The van der Waals surface area contributed by atoms with Crippen LogP contribution in [-0.2, 0) is 4.74 Å². The van der Waals surface area contributed by atoms with E-state index in [0.29, 0.717) is 5.69 Å². The van der Waals surface area contributed by atoms with Gasteiger partial charge in [-0.1, -0.05) is 0 Å². The van der Waals surface area contributed by atoms with Gasteiger partial charge in [0.1, 0.15) is 5.69 Å². The van der Waals surface area contributed by atoms with E-state index in [9.17, 15) is 20.0 Å². The number of nitrogens with zero attached hydrogens (tertiary/aromatic N) is 1. The average molecular weight is 299 g/mol. The summed E-state index contributed by atoms with van der Waals surface area (Å²) in [5.74, 6) is 0. The highest BCUT2D eigenvalue weighted by Gasteiger charge is 2.17. The maximum Gasteiger partial charge on any atom is 0.411 e. The number of nitro benzene ring substituents is 1. The van der Waals surface area contributed by atoms with E-state index in [1.165, 1.54) is 18.2 Å². The molecule has 0 heterocycles. The number of hydrogen-bond acceptors (Lipinski definition) is 7. The predicted molar refractivity (Wildman–Crippen MR) is 75.3 cm³/mol. The highest BCUT2D eigenvalue weighted by molar-refractivity contribution is 5.88. The number of carbonyl (C=O) groups excluding carboxylic acids is 1. The Labute approximate surface area is 120 Å². The van der Waals surface area contributed by atoms with Gasteiger partial charge in [-0.3, -0.25) is 15.4 Å². The van der Waals surface area contributed by atoms with Gasteiger partial charge in [0.15, 0.2) is 0 Å². The topological polar surface area (TPSA) is 134 Å². The lowest BCUT2D eigenvalue weighted by molar-refractivity contribution is -0.383. The summed E-state index contributed by atoms with van der Waals surface area (Å²) < 4.78 is 4.66. The van der Waals surface area contributed by atoms with Crippen LogP contribution in [0.25, 0.3) is 0 Å². The number of nitrogens with one attached hydrogen (secondary N) is 2. The molecule has 1 aromatic rings. The minimum atomic E-state index is -0.971. The van der Waals surface area contributed by atoms with Gasteiger partial charge in [0.05, 0.1) is 24.2 Å². The Morgan fingerprint density at radius 1 is 1.52 bits per heavy atom. The minimum Gasteiger partial charge on any atom is -0.450 e. The first-order valence-corrected chi connectivity index (χ1v) is 6.23. The summed E-state index contributed by atoms with van der Waals surface area (Å²) in [5, 5.41) is 33.9. The van der Waals surface area contributed by atoms with Crippen molar-refractivity contribution in [2.24, 2.45) is 0 Å². The van der Waals surface area contributed by atoms with Crippen molar-refractivity contribution in [1.82, 2.24) is 0 Å². The van der Waals surface area contributed by atoms with Gasteiger partial charge in [-0.15, -0.1) is 0 Å². The number of amides is 1. The maximum atomic E-state index is 11.3. The third kappa shape index (κ3) is 5.24. The summed E-state index contributed by atoms with van der Waals surface area (Å²) in [5.41, 5.74) is 0.0712. The van der Waals surface area contributed by atoms with Crippen molar-refractivity contribution in [1.29, 1.82) is 0 Å². The summed E-state index contributed by atoms with van der Waals surface area (Å²) >= 11 is 0. The zero-order valence-corrected chi connectivity index (χ0v) is 11.4. The predicted octanol–water partition coefficient (Wildman–Crippen LogP) is 0.928. The van der Waals surface area contributed by atoms with Crippen LogP contribution in [-0.4, -0.2) is 47.1 Å². The van der Waals surface area contributed by atoms with E-state index in [0.717, 1.165) is 0 Å². The maximum absolute atomic E-state index is 11.3. The van der Waals surface area contributed by atoms with Crippen LogP contribution in [0.3, 0.4) is 0 Å². The molecule has 116 valence electrons. The molecule has 0 spiro atoms. The van der Waals surface area contributed by atoms with Crippen LogP contribution >= 0.6 is 0 Å². The molecule has 1 aromatic carbocycles. The summed E-state index contributed by atoms with van der Waals surface area (Å²) in [6, 6.07) is 4.06. The van der Waals surface area contributed by atoms with Crippen molar-refractivity contribution in [2.45, 2.75) is 13.0 Å². The van der Waals surface area contributed by atoms with Crippen LogP contribution in [0.5, 0.6) is 0 Å². The molecule has 0 radical (unpaired) electrons. The van der Waals surface area contributed by atoms with Gasteiger partial charge in [0.25, 0.3) is 5.69 Å². The molecule has 4 N–H and O–H groups in total. The molecule has 1 unspecified atom stereocenters. The van der Waals surface area contributed by atoms with Crippen molar-refractivity contribution in [2.75, 3.05) is 30.4 Å². The molecule has 0 aromatic heterocycles. The number of rotatable bonds is 7. The molecule has 0 aliphatic rings. The second-order valence-electron chi connectivity index (χ2n) is 4.05. The molecule has 0 bridgehead atoms. The Bertz CT molecular complexity index is 508. The summed E-state index contributed by atoms with van der Waals surface area (Å²) in [6.07, 6.45) is -1.75. The van der Waals surface area contributed by atoms with Gasteiger partial charge in [-0.25, -0.2) is 4.79 Å². The number of carbonyl (C=O) groups is 1. The first kappa shape index (κ1) is 16.7. The molecule has 0 saturated heterocycles. The van der Waals surface area contributed by atoms with Crippen LogP contribution in [0.4, 0.5) is 21.9 Å². The lowest BCUT2D eigenvalue weighted by Gasteiger charge is -2.11. The molecule has 0 saturated carbocycles. The molecule has 0 aliphatic carbocycles. The van der Waals surface area contributed by atoms with Gasteiger partial charge < -0.3 is 20.3 Å². The number of aliphatic hydroxyl groups excluding tert-OH is 2. The van der Waals surface area contributed by atoms with Crippen LogP contribution in [0, 0.1) is 10.1 Å². The Morgan fingerprint density at radius 3 is 2.81 bits per heavy atom. The van der Waals surface area contributed by atoms with Crippen molar-refractivity contribution in [3.8, 4) is 0 Å².